The Balaban J connectivity index is 2.97. The third-order valence-corrected chi connectivity index (χ3v) is 3.13. The number of nitrogens with one attached hydrogen (secondary N) is 1. The summed E-state index contributed by atoms with van der Waals surface area (Å²) in [4.78, 5) is 13.2. The first-order valence-corrected chi connectivity index (χ1v) is 6.02. The van der Waals surface area contributed by atoms with Gasteiger partial charge in [0.25, 0.3) is 0 Å². The standard InChI is InChI=1S/C10H15N5OS/c1-3-4-15(6-8(16)13-2)10-7(5-11)9(12)14-17-10/h3-4,6H2,1-2H3,(H2,12,14)(H,13,16). The van der Waals surface area contributed by atoms with Crippen LogP contribution >= 0.6 is 11.5 Å². The Bertz CT molecular complexity index is 436. The molecule has 6 nitrogen and oxygen atoms in total. The minimum absolute atomic E-state index is 0.102. The summed E-state index contributed by atoms with van der Waals surface area (Å²) in [6, 6.07) is 2.02. The summed E-state index contributed by atoms with van der Waals surface area (Å²) in [5.74, 6) is 0.125. The fourth-order valence-electron chi connectivity index (χ4n) is 1.39. The lowest BCUT2D eigenvalue weighted by atomic mass is 10.3. The lowest BCUT2D eigenvalue weighted by molar-refractivity contribution is -0.119. The quantitative estimate of drug-likeness (QED) is 0.799. The average molecular weight is 253 g/mol. The zero-order valence-corrected chi connectivity index (χ0v) is 10.7. The number of hydrogen-bond donors (Lipinski definition) is 2. The van der Waals surface area contributed by atoms with Crippen molar-refractivity contribution in [1.29, 1.82) is 5.26 Å². The second-order valence-corrected chi connectivity index (χ2v) is 4.21. The number of aromatic nitrogens is 1. The predicted octanol–water partition coefficient (Wildman–Crippen LogP) is 0.559. The van der Waals surface area contributed by atoms with Gasteiger partial charge in [0.15, 0.2) is 5.82 Å². The molecule has 0 aliphatic carbocycles. The molecule has 0 spiro atoms. The van der Waals surface area contributed by atoms with Gasteiger partial charge in [-0.3, -0.25) is 4.79 Å². The summed E-state index contributed by atoms with van der Waals surface area (Å²) in [7, 11) is 1.58. The zero-order valence-electron chi connectivity index (χ0n) is 9.86. The Labute approximate surface area is 104 Å². The molecule has 0 aromatic carbocycles. The Hall–Kier alpha value is -1.81. The van der Waals surface area contributed by atoms with E-state index in [0.29, 0.717) is 17.1 Å². The summed E-state index contributed by atoms with van der Waals surface area (Å²) >= 11 is 1.15. The molecule has 1 heterocycles. The van der Waals surface area contributed by atoms with Gasteiger partial charge in [-0.2, -0.15) is 9.64 Å². The molecule has 0 radical (unpaired) electrons. The van der Waals surface area contributed by atoms with Crippen molar-refractivity contribution in [3.05, 3.63) is 5.56 Å². The highest BCUT2D eigenvalue weighted by Gasteiger charge is 2.18. The highest BCUT2D eigenvalue weighted by molar-refractivity contribution is 7.10. The van der Waals surface area contributed by atoms with Gasteiger partial charge in [-0.25, -0.2) is 0 Å². The largest absolute Gasteiger partial charge is 0.382 e. The van der Waals surface area contributed by atoms with Crippen molar-refractivity contribution >= 4 is 28.3 Å². The smallest absolute Gasteiger partial charge is 0.239 e. The van der Waals surface area contributed by atoms with Gasteiger partial charge in [-0.05, 0) is 18.0 Å². The topological polar surface area (TPSA) is 95.0 Å². The van der Waals surface area contributed by atoms with Gasteiger partial charge in [-0.15, -0.1) is 0 Å². The number of nitrogens with two attached hydrogens (primary N) is 1. The van der Waals surface area contributed by atoms with Gasteiger partial charge < -0.3 is 16.0 Å². The van der Waals surface area contributed by atoms with Crippen LogP contribution in [0, 0.1) is 11.3 Å². The predicted molar refractivity (Wildman–Crippen MR) is 67.8 cm³/mol. The number of nitriles is 1. The Kier molecular flexibility index (Phi) is 4.72. The highest BCUT2D eigenvalue weighted by Crippen LogP contribution is 2.29. The number of carbonyl (C=O) groups is 1. The van der Waals surface area contributed by atoms with Gasteiger partial charge in [-0.1, -0.05) is 6.92 Å². The summed E-state index contributed by atoms with van der Waals surface area (Å²) < 4.78 is 3.95. The van der Waals surface area contributed by atoms with E-state index in [1.54, 1.807) is 7.05 Å². The van der Waals surface area contributed by atoms with Crippen LogP contribution in [0.3, 0.4) is 0 Å². The number of nitrogen functional groups attached to an aromatic ring is 1. The number of amides is 1. The van der Waals surface area contributed by atoms with Crippen LogP contribution in [-0.2, 0) is 4.79 Å². The van der Waals surface area contributed by atoms with Crippen molar-refractivity contribution in [1.82, 2.24) is 9.69 Å². The minimum Gasteiger partial charge on any atom is -0.382 e. The van der Waals surface area contributed by atoms with E-state index in [0.717, 1.165) is 18.0 Å². The van der Waals surface area contributed by atoms with Gasteiger partial charge in [0, 0.05) is 13.6 Å². The van der Waals surface area contributed by atoms with Crippen LogP contribution in [0.25, 0.3) is 0 Å². The number of nitrogens with zero attached hydrogens (tertiary/aromatic N) is 3. The molecule has 0 bridgehead atoms. The molecule has 0 saturated carbocycles. The second-order valence-electron chi connectivity index (χ2n) is 3.45. The molecule has 0 fully saturated rings. The van der Waals surface area contributed by atoms with Crippen molar-refractivity contribution in [2.75, 3.05) is 30.8 Å². The van der Waals surface area contributed by atoms with Crippen LogP contribution in [0.1, 0.15) is 18.9 Å². The Morgan fingerprint density at radius 2 is 2.41 bits per heavy atom. The van der Waals surface area contributed by atoms with Crippen LogP contribution in [0.5, 0.6) is 0 Å². The van der Waals surface area contributed by atoms with E-state index in [1.807, 2.05) is 17.9 Å². The monoisotopic (exact) mass is 253 g/mol. The summed E-state index contributed by atoms with van der Waals surface area (Å²) in [5, 5.41) is 12.2. The van der Waals surface area contributed by atoms with E-state index in [2.05, 4.69) is 9.69 Å². The minimum atomic E-state index is -0.102. The molecule has 1 rings (SSSR count). The van der Waals surface area contributed by atoms with Crippen molar-refractivity contribution < 1.29 is 4.79 Å². The van der Waals surface area contributed by atoms with Crippen LogP contribution < -0.4 is 16.0 Å². The fourth-order valence-corrected chi connectivity index (χ4v) is 2.18. The fraction of sp³-hybridized carbons (Fsp3) is 0.500. The molecule has 0 atom stereocenters. The Morgan fingerprint density at radius 3 is 2.94 bits per heavy atom. The summed E-state index contributed by atoms with van der Waals surface area (Å²) in [5.41, 5.74) is 5.95. The van der Waals surface area contributed by atoms with Gasteiger partial charge in [0.2, 0.25) is 5.91 Å². The number of anilines is 2. The first-order chi connectivity index (χ1) is 8.13. The molecule has 92 valence electrons. The van der Waals surface area contributed by atoms with E-state index in [-0.39, 0.29) is 18.3 Å². The van der Waals surface area contributed by atoms with Crippen molar-refractivity contribution in [3.8, 4) is 6.07 Å². The number of likely N-dealkylation sites (N-methyl/N-ethyl adjacent to an activating group) is 1. The lowest BCUT2D eigenvalue weighted by Gasteiger charge is -2.21. The van der Waals surface area contributed by atoms with Gasteiger partial charge >= 0.3 is 0 Å². The lowest BCUT2D eigenvalue weighted by Crippen LogP contribution is -2.36. The molecular formula is C10H15N5OS. The second kappa shape index (κ2) is 6.06. The molecular weight excluding hydrogens is 238 g/mol. The third-order valence-electron chi connectivity index (χ3n) is 2.21. The molecule has 0 aliphatic heterocycles. The van der Waals surface area contributed by atoms with Gasteiger partial charge in [0.05, 0.1) is 6.54 Å². The first-order valence-electron chi connectivity index (χ1n) is 5.24. The molecule has 0 aliphatic rings. The van der Waals surface area contributed by atoms with Crippen LogP contribution in [0.2, 0.25) is 0 Å². The third kappa shape index (κ3) is 3.07. The summed E-state index contributed by atoms with van der Waals surface area (Å²) in [6.07, 6.45) is 0.875. The molecule has 0 unspecified atom stereocenters. The molecule has 3 N–H and O–H groups in total. The van der Waals surface area contributed by atoms with E-state index >= 15 is 0 Å². The SMILES string of the molecule is CCCN(CC(=O)NC)c1snc(N)c1C#N. The van der Waals surface area contributed by atoms with Crippen LogP contribution in [0.15, 0.2) is 0 Å². The molecule has 1 amide bonds. The maximum Gasteiger partial charge on any atom is 0.239 e. The number of hydrogen-bond acceptors (Lipinski definition) is 6. The summed E-state index contributed by atoms with van der Waals surface area (Å²) in [6.45, 7) is 2.90. The molecule has 0 saturated heterocycles. The molecule has 7 heteroatoms. The number of rotatable bonds is 5. The maximum atomic E-state index is 11.4. The van der Waals surface area contributed by atoms with Crippen LogP contribution in [-0.4, -0.2) is 30.4 Å². The zero-order chi connectivity index (χ0) is 12.8. The van der Waals surface area contributed by atoms with E-state index < -0.39 is 0 Å². The maximum absolute atomic E-state index is 11.4. The van der Waals surface area contributed by atoms with Crippen LogP contribution in [0.4, 0.5) is 10.8 Å². The normalized spacial score (nSPS) is 9.71. The highest BCUT2D eigenvalue weighted by atomic mass is 32.1. The first kappa shape index (κ1) is 13.3. The van der Waals surface area contributed by atoms with Crippen molar-refractivity contribution in [2.45, 2.75) is 13.3 Å². The van der Waals surface area contributed by atoms with Crippen molar-refractivity contribution in [3.63, 3.8) is 0 Å². The van der Waals surface area contributed by atoms with E-state index in [4.69, 9.17) is 11.0 Å². The van der Waals surface area contributed by atoms with Gasteiger partial charge in [0.1, 0.15) is 16.6 Å². The molecule has 1 aromatic rings. The molecule has 17 heavy (non-hydrogen) atoms. The number of carbonyl (C=O) groups excluding carboxylic acids is 1. The average Bonchev–Trinajstić information content (AvgIpc) is 2.69. The molecule has 1 aromatic heterocycles. The van der Waals surface area contributed by atoms with Crippen molar-refractivity contribution in [2.24, 2.45) is 0 Å². The van der Waals surface area contributed by atoms with E-state index in [1.165, 1.54) is 0 Å². The Morgan fingerprint density at radius 1 is 1.71 bits per heavy atom. The van der Waals surface area contributed by atoms with E-state index in [9.17, 15) is 4.79 Å².